The largest absolute Gasteiger partial charge is 0.481 e. The standard InChI is InChI=1S/C34H37Cl2N9O4/c1-44-26-11-14-45(15-12-27(37)46)18-25(26)41-32(44)33(48)42-24-5-3-4-22(29(24)35)31-30(36)21(10-13-39-31)23-8-6-19(34(43-23)49-2)16-38-17-20-7-9-28(47)40-20/h3-6,8,10,13,20,38H,7,9,11-12,14-18H2,1-2H3,(H2,37,46)(H,40,47)(H,42,48). The van der Waals surface area contributed by atoms with Crippen LogP contribution in [0.5, 0.6) is 5.88 Å². The van der Waals surface area contributed by atoms with Crippen LogP contribution in [-0.4, -0.2) is 74.9 Å². The monoisotopic (exact) mass is 705 g/mol. The molecule has 2 aliphatic heterocycles. The molecule has 5 N–H and O–H groups in total. The Labute approximate surface area is 293 Å². The number of primary amides is 1. The minimum absolute atomic E-state index is 0.0810. The molecule has 49 heavy (non-hydrogen) atoms. The number of nitrogens with one attached hydrogen (secondary N) is 3. The number of carbonyl (C=O) groups is 3. The maximum Gasteiger partial charge on any atom is 0.291 e. The Hall–Kier alpha value is -4.56. The molecule has 13 nitrogen and oxygen atoms in total. The molecule has 256 valence electrons. The maximum absolute atomic E-state index is 13.5. The van der Waals surface area contributed by atoms with Crippen LogP contribution in [0.2, 0.25) is 10.0 Å². The fourth-order valence-electron chi connectivity index (χ4n) is 6.21. The van der Waals surface area contributed by atoms with Crippen molar-refractivity contribution in [1.82, 2.24) is 35.1 Å². The SMILES string of the molecule is COc1nc(-c2ccnc(-c3cccc(NC(=O)c4nc5c(n4C)CCN(CCC(N)=O)C5)c3Cl)c2Cl)ccc1CNCC1CCC(=O)N1. The number of rotatable bonds is 12. The first-order chi connectivity index (χ1) is 23.6. The molecule has 0 aliphatic carbocycles. The van der Waals surface area contributed by atoms with Crippen LogP contribution in [-0.2, 0) is 36.1 Å². The lowest BCUT2D eigenvalue weighted by atomic mass is 10.1. The van der Waals surface area contributed by atoms with Crippen molar-refractivity contribution in [3.05, 3.63) is 75.4 Å². The van der Waals surface area contributed by atoms with E-state index in [0.717, 1.165) is 29.9 Å². The van der Waals surface area contributed by atoms with E-state index in [2.05, 4.69) is 30.8 Å². The lowest BCUT2D eigenvalue weighted by Crippen LogP contribution is -2.35. The van der Waals surface area contributed by atoms with E-state index < -0.39 is 5.91 Å². The van der Waals surface area contributed by atoms with Crippen molar-refractivity contribution in [3.8, 4) is 28.4 Å². The first-order valence-corrected chi connectivity index (χ1v) is 16.7. The number of hydrogen-bond acceptors (Lipinski definition) is 9. The number of imidazole rings is 1. The zero-order valence-electron chi connectivity index (χ0n) is 27.2. The Morgan fingerprint density at radius 3 is 2.69 bits per heavy atom. The molecular weight excluding hydrogens is 669 g/mol. The highest BCUT2D eigenvalue weighted by molar-refractivity contribution is 6.39. The molecule has 1 unspecified atom stereocenters. The number of nitrogens with zero attached hydrogens (tertiary/aromatic N) is 5. The van der Waals surface area contributed by atoms with Gasteiger partial charge in [0.25, 0.3) is 5.91 Å². The van der Waals surface area contributed by atoms with Crippen molar-refractivity contribution in [3.63, 3.8) is 0 Å². The van der Waals surface area contributed by atoms with Crippen LogP contribution in [0.1, 0.15) is 46.8 Å². The first-order valence-electron chi connectivity index (χ1n) is 16.0. The van der Waals surface area contributed by atoms with E-state index in [4.69, 9.17) is 38.7 Å². The summed E-state index contributed by atoms with van der Waals surface area (Å²) < 4.78 is 7.40. The molecule has 6 rings (SSSR count). The van der Waals surface area contributed by atoms with Gasteiger partial charge in [-0.05, 0) is 24.6 Å². The van der Waals surface area contributed by atoms with Crippen LogP contribution in [0.25, 0.3) is 22.5 Å². The number of methoxy groups -OCH3 is 1. The number of halogens is 2. The van der Waals surface area contributed by atoms with Gasteiger partial charge in [0, 0.05) is 93.7 Å². The number of pyridine rings is 2. The highest BCUT2D eigenvalue weighted by Crippen LogP contribution is 2.40. The van der Waals surface area contributed by atoms with Crippen LogP contribution in [0.15, 0.2) is 42.6 Å². The lowest BCUT2D eigenvalue weighted by molar-refractivity contribution is -0.119. The Balaban J connectivity index is 1.19. The molecular formula is C34H37Cl2N9O4. The summed E-state index contributed by atoms with van der Waals surface area (Å²) in [6, 6.07) is 10.9. The van der Waals surface area contributed by atoms with Crippen LogP contribution < -0.4 is 26.4 Å². The van der Waals surface area contributed by atoms with Crippen molar-refractivity contribution in [2.45, 2.75) is 44.8 Å². The Bertz CT molecular complexity index is 1910. The molecule has 0 radical (unpaired) electrons. The zero-order valence-corrected chi connectivity index (χ0v) is 28.7. The quantitative estimate of drug-likeness (QED) is 0.172. The molecule has 1 saturated heterocycles. The van der Waals surface area contributed by atoms with E-state index in [-0.39, 0.29) is 35.1 Å². The first kappa shape index (κ1) is 34.3. The van der Waals surface area contributed by atoms with E-state index in [0.29, 0.717) is 78.1 Å². The smallest absolute Gasteiger partial charge is 0.291 e. The minimum Gasteiger partial charge on any atom is -0.481 e. The van der Waals surface area contributed by atoms with Gasteiger partial charge in [0.15, 0.2) is 5.82 Å². The summed E-state index contributed by atoms with van der Waals surface area (Å²) in [5.74, 6) is 0.0267. The fraction of sp³-hybridized carbons (Fsp3) is 0.353. The minimum atomic E-state index is -0.411. The van der Waals surface area contributed by atoms with Crippen LogP contribution in [0.3, 0.4) is 0 Å². The van der Waals surface area contributed by atoms with E-state index in [9.17, 15) is 14.4 Å². The van der Waals surface area contributed by atoms with Crippen molar-refractivity contribution < 1.29 is 19.1 Å². The molecule has 3 aromatic heterocycles. The molecule has 1 aromatic carbocycles. The van der Waals surface area contributed by atoms with Gasteiger partial charge in [-0.2, -0.15) is 0 Å². The van der Waals surface area contributed by atoms with Crippen molar-refractivity contribution in [1.29, 1.82) is 0 Å². The molecule has 5 heterocycles. The molecule has 3 amide bonds. The molecule has 0 bridgehead atoms. The van der Waals surface area contributed by atoms with Gasteiger partial charge in [0.1, 0.15) is 0 Å². The molecule has 0 saturated carbocycles. The molecule has 15 heteroatoms. The number of amides is 3. The number of aromatic nitrogens is 4. The highest BCUT2D eigenvalue weighted by Gasteiger charge is 2.27. The summed E-state index contributed by atoms with van der Waals surface area (Å²) in [6.07, 6.45) is 3.96. The Morgan fingerprint density at radius 2 is 1.94 bits per heavy atom. The number of fused-ring (bicyclic) bond motifs is 1. The summed E-state index contributed by atoms with van der Waals surface area (Å²) in [4.78, 5) is 52.2. The molecule has 0 spiro atoms. The van der Waals surface area contributed by atoms with Crippen LogP contribution in [0.4, 0.5) is 5.69 Å². The number of benzene rings is 1. The second-order valence-corrected chi connectivity index (χ2v) is 12.8. The van der Waals surface area contributed by atoms with E-state index in [1.165, 1.54) is 0 Å². The third-order valence-corrected chi connectivity index (χ3v) is 9.59. The lowest BCUT2D eigenvalue weighted by Gasteiger charge is -2.25. The van der Waals surface area contributed by atoms with Crippen molar-refractivity contribution >= 4 is 46.6 Å². The van der Waals surface area contributed by atoms with Gasteiger partial charge in [0.2, 0.25) is 17.7 Å². The third-order valence-electron chi connectivity index (χ3n) is 8.80. The number of hydrogen-bond donors (Lipinski definition) is 4. The summed E-state index contributed by atoms with van der Waals surface area (Å²) >= 11 is 13.8. The van der Waals surface area contributed by atoms with Gasteiger partial charge in [-0.3, -0.25) is 24.3 Å². The summed E-state index contributed by atoms with van der Waals surface area (Å²) in [6.45, 7) is 2.99. The van der Waals surface area contributed by atoms with Gasteiger partial charge in [-0.25, -0.2) is 9.97 Å². The summed E-state index contributed by atoms with van der Waals surface area (Å²) in [7, 11) is 3.38. The van der Waals surface area contributed by atoms with Crippen molar-refractivity contribution in [2.24, 2.45) is 12.8 Å². The maximum atomic E-state index is 13.5. The number of ether oxygens (including phenoxy) is 1. The summed E-state index contributed by atoms with van der Waals surface area (Å²) in [5, 5.41) is 9.83. The third kappa shape index (κ3) is 7.54. The molecule has 2 aliphatic rings. The molecule has 1 atom stereocenters. The van der Waals surface area contributed by atoms with Gasteiger partial charge in [0.05, 0.1) is 39.9 Å². The van der Waals surface area contributed by atoms with Crippen LogP contribution in [0, 0.1) is 0 Å². The van der Waals surface area contributed by atoms with Crippen LogP contribution >= 0.6 is 23.2 Å². The number of anilines is 1. The predicted octanol–water partition coefficient (Wildman–Crippen LogP) is 3.71. The Morgan fingerprint density at radius 1 is 1.10 bits per heavy atom. The van der Waals surface area contributed by atoms with Crippen molar-refractivity contribution in [2.75, 3.05) is 32.1 Å². The Kier molecular flexibility index (Phi) is 10.4. The average molecular weight is 707 g/mol. The van der Waals surface area contributed by atoms with E-state index in [1.54, 1.807) is 42.1 Å². The molecule has 4 aromatic rings. The average Bonchev–Trinajstić information content (AvgIpc) is 3.66. The second-order valence-electron chi connectivity index (χ2n) is 12.1. The number of nitrogens with two attached hydrogens (primary N) is 1. The second kappa shape index (κ2) is 14.9. The zero-order chi connectivity index (χ0) is 34.7. The van der Waals surface area contributed by atoms with Gasteiger partial charge >= 0.3 is 0 Å². The normalized spacial score (nSPS) is 15.9. The van der Waals surface area contributed by atoms with E-state index in [1.807, 2.05) is 19.2 Å². The highest BCUT2D eigenvalue weighted by atomic mass is 35.5. The van der Waals surface area contributed by atoms with Gasteiger partial charge in [-0.15, -0.1) is 0 Å². The number of carbonyl (C=O) groups excluding carboxylic acids is 3. The summed E-state index contributed by atoms with van der Waals surface area (Å²) in [5.41, 5.74) is 10.5. The van der Waals surface area contributed by atoms with E-state index >= 15 is 0 Å². The molecule has 1 fully saturated rings. The fourth-order valence-corrected chi connectivity index (χ4v) is 6.78. The van der Waals surface area contributed by atoms with Gasteiger partial charge in [-0.1, -0.05) is 41.4 Å². The predicted molar refractivity (Wildman–Crippen MR) is 186 cm³/mol. The van der Waals surface area contributed by atoms with Gasteiger partial charge < -0.3 is 31.0 Å². The topological polar surface area (TPSA) is 169 Å².